The fraction of sp³-hybridized carbons (Fsp3) is 0.250. The van der Waals surface area contributed by atoms with Gasteiger partial charge in [-0.1, -0.05) is 12.1 Å². The lowest BCUT2D eigenvalue weighted by atomic mass is 10.0. The lowest BCUT2D eigenvalue weighted by Gasteiger charge is -2.28. The van der Waals surface area contributed by atoms with Gasteiger partial charge in [-0.15, -0.1) is 0 Å². The maximum Gasteiger partial charge on any atom is 0.416 e. The molecule has 0 saturated heterocycles. The molecule has 160 valence electrons. The maximum atomic E-state index is 12.8. The minimum Gasteiger partial charge on any atom is -0.398 e. The number of allylic oxidation sites excluding steroid dienone is 4. The fourth-order valence-corrected chi connectivity index (χ4v) is 2.91. The van der Waals surface area contributed by atoms with Gasteiger partial charge in [0.25, 0.3) is 0 Å². The number of rotatable bonds is 7. The molecule has 0 spiro atoms. The van der Waals surface area contributed by atoms with Gasteiger partial charge in [-0.2, -0.15) is 13.2 Å². The predicted octanol–water partition coefficient (Wildman–Crippen LogP) is 1.67. The van der Waals surface area contributed by atoms with Gasteiger partial charge in [0, 0.05) is 17.8 Å². The van der Waals surface area contributed by atoms with E-state index >= 15 is 0 Å². The molecule has 0 saturated carbocycles. The second-order valence-electron chi connectivity index (χ2n) is 6.54. The number of halogens is 3. The van der Waals surface area contributed by atoms with Crippen molar-refractivity contribution in [2.75, 3.05) is 13.1 Å². The Morgan fingerprint density at radius 1 is 1.17 bits per heavy atom. The zero-order valence-electron chi connectivity index (χ0n) is 15.9. The lowest BCUT2D eigenvalue weighted by Crippen LogP contribution is -2.40. The van der Waals surface area contributed by atoms with Crippen LogP contribution < -0.4 is 16.8 Å². The average molecular weight is 422 g/mol. The van der Waals surface area contributed by atoms with Crippen LogP contribution in [0.4, 0.5) is 13.2 Å². The van der Waals surface area contributed by atoms with E-state index in [-0.39, 0.29) is 29.3 Å². The molecule has 2 rings (SSSR count). The summed E-state index contributed by atoms with van der Waals surface area (Å²) in [5.41, 5.74) is 11.4. The molecule has 30 heavy (non-hydrogen) atoms. The first kappa shape index (κ1) is 22.7. The molecule has 0 bridgehead atoms. The highest BCUT2D eigenvalue weighted by Crippen LogP contribution is 2.30. The van der Waals surface area contributed by atoms with Crippen LogP contribution in [0.25, 0.3) is 5.70 Å². The Morgan fingerprint density at radius 3 is 2.53 bits per heavy atom. The molecule has 0 atom stereocenters. The van der Waals surface area contributed by atoms with Crippen LogP contribution in [0.3, 0.4) is 0 Å². The summed E-state index contributed by atoms with van der Waals surface area (Å²) in [6.45, 7) is 0.248. The Bertz CT molecular complexity index is 920. The van der Waals surface area contributed by atoms with E-state index in [1.54, 1.807) is 0 Å². The third-order valence-corrected chi connectivity index (χ3v) is 4.38. The monoisotopic (exact) mass is 422 g/mol. The summed E-state index contributed by atoms with van der Waals surface area (Å²) >= 11 is 0. The van der Waals surface area contributed by atoms with E-state index < -0.39 is 17.6 Å². The zero-order valence-corrected chi connectivity index (χ0v) is 15.9. The molecular formula is C20H21F3N4O3. The summed E-state index contributed by atoms with van der Waals surface area (Å²) in [5, 5.41) is 2.40. The van der Waals surface area contributed by atoms with Crippen LogP contribution in [0.2, 0.25) is 0 Å². The highest BCUT2D eigenvalue weighted by Gasteiger charge is 2.30. The Morgan fingerprint density at radius 2 is 1.90 bits per heavy atom. The average Bonchev–Trinajstić information content (AvgIpc) is 2.71. The van der Waals surface area contributed by atoms with Gasteiger partial charge in [-0.25, -0.2) is 0 Å². The molecule has 1 heterocycles. The minimum atomic E-state index is -4.49. The summed E-state index contributed by atoms with van der Waals surface area (Å²) in [5.74, 6) is -0.611. The molecule has 1 amide bonds. The van der Waals surface area contributed by atoms with Crippen molar-refractivity contribution in [2.24, 2.45) is 11.5 Å². The van der Waals surface area contributed by atoms with E-state index in [0.717, 1.165) is 12.1 Å². The summed E-state index contributed by atoms with van der Waals surface area (Å²) in [6, 6.07) is 4.48. The molecule has 1 aromatic carbocycles. The number of aldehydes is 2. The van der Waals surface area contributed by atoms with Crippen LogP contribution in [0.1, 0.15) is 24.0 Å². The zero-order chi connectivity index (χ0) is 22.3. The van der Waals surface area contributed by atoms with Gasteiger partial charge in [-0.3, -0.25) is 14.4 Å². The van der Waals surface area contributed by atoms with Crippen LogP contribution in [-0.2, 0) is 20.6 Å². The first-order chi connectivity index (χ1) is 14.2. The SMILES string of the molecule is N/C(=C\C=C(/N)NC(=O)CN1CCCC(C=O)=C1C=O)c1cccc(C(F)(F)F)c1. The molecule has 0 aromatic heterocycles. The van der Waals surface area contributed by atoms with Gasteiger partial charge < -0.3 is 21.7 Å². The number of amides is 1. The highest BCUT2D eigenvalue weighted by atomic mass is 19.4. The van der Waals surface area contributed by atoms with Crippen molar-refractivity contribution in [3.63, 3.8) is 0 Å². The van der Waals surface area contributed by atoms with E-state index in [1.165, 1.54) is 29.2 Å². The second kappa shape index (κ2) is 9.77. The van der Waals surface area contributed by atoms with Crippen LogP contribution in [0, 0.1) is 0 Å². The standard InChI is InChI=1S/C20H21F3N4O3/c21-20(22,23)15-5-1-3-13(9-15)16(24)6-7-18(25)26-19(30)10-27-8-2-4-14(11-28)17(27)12-29/h1,3,5-7,9,11-12H,2,4,8,10,24-25H2,(H,26,30)/b16-6-,18-7+. The second-order valence-corrected chi connectivity index (χ2v) is 6.54. The first-order valence-corrected chi connectivity index (χ1v) is 8.94. The molecule has 1 aromatic rings. The topological polar surface area (TPSA) is 119 Å². The van der Waals surface area contributed by atoms with E-state index in [4.69, 9.17) is 11.5 Å². The summed E-state index contributed by atoms with van der Waals surface area (Å²) in [4.78, 5) is 35.9. The van der Waals surface area contributed by atoms with E-state index in [2.05, 4.69) is 5.32 Å². The van der Waals surface area contributed by atoms with Gasteiger partial charge in [0.1, 0.15) is 12.1 Å². The van der Waals surface area contributed by atoms with Gasteiger partial charge >= 0.3 is 6.18 Å². The smallest absolute Gasteiger partial charge is 0.398 e. The number of nitrogens with two attached hydrogens (primary N) is 2. The molecule has 10 heteroatoms. The van der Waals surface area contributed by atoms with Gasteiger partial charge in [0.05, 0.1) is 17.8 Å². The van der Waals surface area contributed by atoms with Crippen molar-refractivity contribution in [1.82, 2.24) is 10.2 Å². The quantitative estimate of drug-likeness (QED) is 0.454. The van der Waals surface area contributed by atoms with E-state index in [9.17, 15) is 27.6 Å². The lowest BCUT2D eigenvalue weighted by molar-refractivity contribution is -0.137. The molecule has 0 fully saturated rings. The van der Waals surface area contributed by atoms with Crippen molar-refractivity contribution in [3.8, 4) is 0 Å². The van der Waals surface area contributed by atoms with Gasteiger partial charge in [0.2, 0.25) is 5.91 Å². The normalized spacial score (nSPS) is 15.8. The van der Waals surface area contributed by atoms with Crippen LogP contribution >= 0.6 is 0 Å². The molecule has 7 nitrogen and oxygen atoms in total. The van der Waals surface area contributed by atoms with E-state index in [0.29, 0.717) is 37.5 Å². The van der Waals surface area contributed by atoms with Gasteiger partial charge in [-0.05, 0) is 42.7 Å². The van der Waals surface area contributed by atoms with Crippen LogP contribution in [-0.4, -0.2) is 36.5 Å². The van der Waals surface area contributed by atoms with Crippen LogP contribution in [0.5, 0.6) is 0 Å². The number of hydrogen-bond acceptors (Lipinski definition) is 6. The number of alkyl halides is 3. The van der Waals surface area contributed by atoms with Crippen LogP contribution in [0.15, 0.2) is 53.5 Å². The number of hydrogen-bond donors (Lipinski definition) is 3. The van der Waals surface area contributed by atoms with Crippen molar-refractivity contribution in [1.29, 1.82) is 0 Å². The molecule has 1 aliphatic rings. The number of carbonyl (C=O) groups is 3. The van der Waals surface area contributed by atoms with Gasteiger partial charge in [0.15, 0.2) is 6.29 Å². The number of nitrogens with zero attached hydrogens (tertiary/aromatic N) is 1. The number of benzene rings is 1. The van der Waals surface area contributed by atoms with Crippen molar-refractivity contribution in [2.45, 2.75) is 19.0 Å². The Labute approximate surface area is 170 Å². The number of nitrogens with one attached hydrogen (secondary N) is 1. The largest absolute Gasteiger partial charge is 0.416 e. The molecule has 1 aliphatic heterocycles. The highest BCUT2D eigenvalue weighted by molar-refractivity contribution is 5.88. The summed E-state index contributed by atoms with van der Waals surface area (Å²) in [6.07, 6.45) is 0.255. The third-order valence-electron chi connectivity index (χ3n) is 4.38. The summed E-state index contributed by atoms with van der Waals surface area (Å²) in [7, 11) is 0. The predicted molar refractivity (Wildman–Crippen MR) is 104 cm³/mol. The molecule has 0 unspecified atom stereocenters. The van der Waals surface area contributed by atoms with Crippen molar-refractivity contribution < 1.29 is 27.6 Å². The molecule has 5 N–H and O–H groups in total. The van der Waals surface area contributed by atoms with E-state index in [1.807, 2.05) is 0 Å². The van der Waals surface area contributed by atoms with Crippen molar-refractivity contribution in [3.05, 3.63) is 64.6 Å². The maximum absolute atomic E-state index is 12.8. The number of carbonyl (C=O) groups excluding carboxylic acids is 3. The molecule has 0 aliphatic carbocycles. The Hall–Kier alpha value is -3.56. The molecule has 0 radical (unpaired) electrons. The first-order valence-electron chi connectivity index (χ1n) is 8.94. The third kappa shape index (κ3) is 5.97. The Kier molecular flexibility index (Phi) is 7.40. The van der Waals surface area contributed by atoms with Crippen molar-refractivity contribution >= 4 is 24.2 Å². The fourth-order valence-electron chi connectivity index (χ4n) is 2.91. The Balaban J connectivity index is 2.05. The summed E-state index contributed by atoms with van der Waals surface area (Å²) < 4.78 is 38.4. The molecular weight excluding hydrogens is 401 g/mol. The minimum absolute atomic E-state index is 0.0242.